The van der Waals surface area contributed by atoms with Gasteiger partial charge in [-0.15, -0.1) is 0 Å². The molecule has 2 amide bonds. The summed E-state index contributed by atoms with van der Waals surface area (Å²) in [4.78, 5) is 27.8. The van der Waals surface area contributed by atoms with E-state index in [0.29, 0.717) is 29.4 Å². The number of aryl methyl sites for hydroxylation is 1. The summed E-state index contributed by atoms with van der Waals surface area (Å²) in [5, 5.41) is 4.06. The van der Waals surface area contributed by atoms with Crippen molar-refractivity contribution in [2.75, 3.05) is 0 Å². The number of rotatable bonds is 8. The average Bonchev–Trinajstić information content (AvgIpc) is 2.79. The fraction of sp³-hybridized carbons (Fsp3) is 0.440. The second-order valence-electron chi connectivity index (χ2n) is 8.28. The Balaban J connectivity index is 1.72. The molecule has 0 radical (unpaired) electrons. The standard InChI is InChI=1S/C25H30Cl2N2O2/c1-18(25(31)28-21-10-6-3-7-11-21)29(17-20-12-14-22(26)23(27)16-20)24(30)15-13-19-8-4-2-5-9-19/h2,4-5,8-9,12,14,16,18,21H,3,6-7,10-11,13,15,17H2,1H3,(H,28,31)/t18-/m1/s1. The predicted octanol–water partition coefficient (Wildman–Crippen LogP) is 5.79. The Kier molecular flexibility index (Phi) is 8.79. The lowest BCUT2D eigenvalue weighted by molar-refractivity contribution is -0.141. The van der Waals surface area contributed by atoms with Crippen LogP contribution in [0, 0.1) is 0 Å². The maximum atomic E-state index is 13.2. The zero-order chi connectivity index (χ0) is 22.2. The van der Waals surface area contributed by atoms with E-state index in [1.54, 1.807) is 24.0 Å². The van der Waals surface area contributed by atoms with Gasteiger partial charge in [-0.05, 0) is 49.4 Å². The van der Waals surface area contributed by atoms with Crippen molar-refractivity contribution in [1.29, 1.82) is 0 Å². The van der Waals surface area contributed by atoms with Gasteiger partial charge in [0.25, 0.3) is 0 Å². The van der Waals surface area contributed by atoms with Crippen molar-refractivity contribution in [3.63, 3.8) is 0 Å². The quantitative estimate of drug-likeness (QED) is 0.541. The molecule has 4 nitrogen and oxygen atoms in total. The van der Waals surface area contributed by atoms with E-state index in [1.165, 1.54) is 6.42 Å². The van der Waals surface area contributed by atoms with Crippen LogP contribution in [0.3, 0.4) is 0 Å². The largest absolute Gasteiger partial charge is 0.352 e. The molecule has 3 rings (SSSR count). The van der Waals surface area contributed by atoms with Crippen molar-refractivity contribution in [2.24, 2.45) is 0 Å². The normalized spacial score (nSPS) is 15.3. The van der Waals surface area contributed by atoms with Gasteiger partial charge in [0.1, 0.15) is 6.04 Å². The highest BCUT2D eigenvalue weighted by Crippen LogP contribution is 2.24. The van der Waals surface area contributed by atoms with Crippen molar-refractivity contribution in [1.82, 2.24) is 10.2 Å². The molecule has 6 heteroatoms. The van der Waals surface area contributed by atoms with E-state index in [4.69, 9.17) is 23.2 Å². The van der Waals surface area contributed by atoms with Crippen LogP contribution in [-0.2, 0) is 22.6 Å². The number of halogens is 2. The van der Waals surface area contributed by atoms with E-state index >= 15 is 0 Å². The highest BCUT2D eigenvalue weighted by Gasteiger charge is 2.28. The number of benzene rings is 2. The molecular formula is C25H30Cl2N2O2. The van der Waals surface area contributed by atoms with Crippen molar-refractivity contribution >= 4 is 35.0 Å². The van der Waals surface area contributed by atoms with E-state index in [-0.39, 0.29) is 17.9 Å². The maximum absolute atomic E-state index is 13.2. The topological polar surface area (TPSA) is 49.4 Å². The Bertz CT molecular complexity index is 882. The van der Waals surface area contributed by atoms with Crippen molar-refractivity contribution in [2.45, 2.75) is 70.5 Å². The van der Waals surface area contributed by atoms with Crippen molar-refractivity contribution < 1.29 is 9.59 Å². The van der Waals surface area contributed by atoms with Gasteiger partial charge in [0.15, 0.2) is 0 Å². The van der Waals surface area contributed by atoms with Gasteiger partial charge in [-0.1, -0.05) is 78.9 Å². The maximum Gasteiger partial charge on any atom is 0.242 e. The fourth-order valence-corrected chi connectivity index (χ4v) is 4.35. The van der Waals surface area contributed by atoms with Crippen LogP contribution in [0.1, 0.15) is 56.6 Å². The predicted molar refractivity (Wildman–Crippen MR) is 126 cm³/mol. The zero-order valence-corrected chi connectivity index (χ0v) is 19.5. The van der Waals surface area contributed by atoms with Gasteiger partial charge in [-0.2, -0.15) is 0 Å². The van der Waals surface area contributed by atoms with Crippen LogP contribution >= 0.6 is 23.2 Å². The van der Waals surface area contributed by atoms with Crippen molar-refractivity contribution in [3.8, 4) is 0 Å². The molecule has 1 aliphatic carbocycles. The van der Waals surface area contributed by atoms with Gasteiger partial charge >= 0.3 is 0 Å². The Morgan fingerprint density at radius 3 is 2.39 bits per heavy atom. The average molecular weight is 461 g/mol. The van der Waals surface area contributed by atoms with Crippen LogP contribution in [0.25, 0.3) is 0 Å². The second-order valence-corrected chi connectivity index (χ2v) is 9.09. The molecule has 0 bridgehead atoms. The van der Waals surface area contributed by atoms with Gasteiger partial charge in [-0.25, -0.2) is 0 Å². The summed E-state index contributed by atoms with van der Waals surface area (Å²) < 4.78 is 0. The van der Waals surface area contributed by atoms with Crippen LogP contribution < -0.4 is 5.32 Å². The smallest absolute Gasteiger partial charge is 0.242 e. The summed E-state index contributed by atoms with van der Waals surface area (Å²) >= 11 is 12.2. The number of nitrogens with one attached hydrogen (secondary N) is 1. The first-order chi connectivity index (χ1) is 14.9. The minimum Gasteiger partial charge on any atom is -0.352 e. The molecule has 0 aliphatic heterocycles. The third kappa shape index (κ3) is 6.98. The Morgan fingerprint density at radius 1 is 1.00 bits per heavy atom. The number of hydrogen-bond donors (Lipinski definition) is 1. The number of nitrogens with zero attached hydrogens (tertiary/aromatic N) is 1. The molecule has 2 aromatic carbocycles. The summed E-state index contributed by atoms with van der Waals surface area (Å²) in [5.41, 5.74) is 1.95. The molecule has 166 valence electrons. The van der Waals surface area contributed by atoms with Crippen LogP contribution in [0.5, 0.6) is 0 Å². The molecule has 1 atom stereocenters. The van der Waals surface area contributed by atoms with Gasteiger partial charge < -0.3 is 10.2 Å². The molecular weight excluding hydrogens is 431 g/mol. The van der Waals surface area contributed by atoms with E-state index in [9.17, 15) is 9.59 Å². The molecule has 1 aliphatic rings. The molecule has 0 spiro atoms. The van der Waals surface area contributed by atoms with Crippen molar-refractivity contribution in [3.05, 3.63) is 69.7 Å². The number of amides is 2. The van der Waals surface area contributed by atoms with Gasteiger partial charge in [0.2, 0.25) is 11.8 Å². The highest BCUT2D eigenvalue weighted by atomic mass is 35.5. The fourth-order valence-electron chi connectivity index (χ4n) is 4.03. The van der Waals surface area contributed by atoms with Gasteiger partial charge in [-0.3, -0.25) is 9.59 Å². The summed E-state index contributed by atoms with van der Waals surface area (Å²) in [7, 11) is 0. The first-order valence-electron chi connectivity index (χ1n) is 11.0. The molecule has 1 fully saturated rings. The lowest BCUT2D eigenvalue weighted by Gasteiger charge is -2.31. The molecule has 1 saturated carbocycles. The third-order valence-corrected chi connectivity index (χ3v) is 6.67. The van der Waals surface area contributed by atoms with Crippen LogP contribution in [0.15, 0.2) is 48.5 Å². The SMILES string of the molecule is C[C@H](C(=O)NC1CCCCC1)N(Cc1ccc(Cl)c(Cl)c1)C(=O)CCc1ccccc1. The van der Waals surface area contributed by atoms with E-state index in [2.05, 4.69) is 5.32 Å². The molecule has 31 heavy (non-hydrogen) atoms. The van der Waals surface area contributed by atoms with Crippen LogP contribution in [0.2, 0.25) is 10.0 Å². The monoisotopic (exact) mass is 460 g/mol. The highest BCUT2D eigenvalue weighted by molar-refractivity contribution is 6.42. The van der Waals surface area contributed by atoms with E-state index < -0.39 is 6.04 Å². The minimum absolute atomic E-state index is 0.0544. The molecule has 2 aromatic rings. The lowest BCUT2D eigenvalue weighted by Crippen LogP contribution is -2.50. The Hall–Kier alpha value is -2.04. The van der Waals surface area contributed by atoms with Gasteiger partial charge in [0, 0.05) is 19.0 Å². The second kappa shape index (κ2) is 11.5. The van der Waals surface area contributed by atoms with Crippen LogP contribution in [0.4, 0.5) is 0 Å². The minimum atomic E-state index is -0.570. The summed E-state index contributed by atoms with van der Waals surface area (Å²) in [5.74, 6) is -0.152. The molecule has 0 saturated heterocycles. The first kappa shape index (κ1) is 23.6. The van der Waals surface area contributed by atoms with Crippen LogP contribution in [-0.4, -0.2) is 28.8 Å². The lowest BCUT2D eigenvalue weighted by atomic mass is 9.95. The zero-order valence-electron chi connectivity index (χ0n) is 17.9. The summed E-state index contributed by atoms with van der Waals surface area (Å²) in [6.45, 7) is 2.11. The van der Waals surface area contributed by atoms with E-state index in [1.807, 2.05) is 36.4 Å². The van der Waals surface area contributed by atoms with Gasteiger partial charge in [0.05, 0.1) is 10.0 Å². The Labute approximate surface area is 194 Å². The molecule has 1 N–H and O–H groups in total. The molecule has 0 heterocycles. The first-order valence-corrected chi connectivity index (χ1v) is 11.8. The number of hydrogen-bond acceptors (Lipinski definition) is 2. The molecule has 0 aromatic heterocycles. The number of carbonyl (C=O) groups is 2. The third-order valence-electron chi connectivity index (χ3n) is 5.93. The Morgan fingerprint density at radius 2 is 1.71 bits per heavy atom. The molecule has 0 unspecified atom stereocenters. The number of carbonyl (C=O) groups excluding carboxylic acids is 2. The summed E-state index contributed by atoms with van der Waals surface area (Å²) in [6.07, 6.45) is 6.50. The summed E-state index contributed by atoms with van der Waals surface area (Å²) in [6, 6.07) is 14.9. The van der Waals surface area contributed by atoms with E-state index in [0.717, 1.165) is 36.8 Å².